The summed E-state index contributed by atoms with van der Waals surface area (Å²) in [5.74, 6) is -0.523. The van der Waals surface area contributed by atoms with Gasteiger partial charge in [0.15, 0.2) is 12.1 Å². The second-order valence-electron chi connectivity index (χ2n) is 9.51. The second-order valence-corrected chi connectivity index (χ2v) is 9.51. The number of ether oxygens (including phenoxy) is 1. The zero-order valence-electron chi connectivity index (χ0n) is 21.5. The fraction of sp³-hybridized carbons (Fsp3) is 0.156. The highest BCUT2D eigenvalue weighted by molar-refractivity contribution is 6.04. The van der Waals surface area contributed by atoms with Gasteiger partial charge in [0, 0.05) is 17.8 Å². The van der Waals surface area contributed by atoms with Crippen molar-refractivity contribution in [3.63, 3.8) is 0 Å². The lowest BCUT2D eigenvalue weighted by Gasteiger charge is -2.24. The third-order valence-electron chi connectivity index (χ3n) is 6.67. The van der Waals surface area contributed by atoms with Gasteiger partial charge in [-0.3, -0.25) is 14.5 Å². The summed E-state index contributed by atoms with van der Waals surface area (Å²) in [5.41, 5.74) is 4.74. The third kappa shape index (κ3) is 6.15. The van der Waals surface area contributed by atoms with Crippen molar-refractivity contribution >= 4 is 23.6 Å². The molecule has 2 atom stereocenters. The lowest BCUT2D eigenvalue weighted by Crippen LogP contribution is -2.46. The molecule has 3 amide bonds. The molecule has 1 aliphatic rings. The first-order valence-electron chi connectivity index (χ1n) is 12.8. The third-order valence-corrected chi connectivity index (χ3v) is 6.67. The zero-order valence-corrected chi connectivity index (χ0v) is 21.5. The number of hydrogen-bond acceptors (Lipinski definition) is 4. The Morgan fingerprint density at radius 3 is 2.05 bits per heavy atom. The van der Waals surface area contributed by atoms with E-state index in [0.29, 0.717) is 23.4 Å². The van der Waals surface area contributed by atoms with Gasteiger partial charge in [0.05, 0.1) is 6.54 Å². The molecule has 2 unspecified atom stereocenters. The number of hydrogen-bond donors (Lipinski definition) is 2. The predicted octanol–water partition coefficient (Wildman–Crippen LogP) is 5.63. The molecular formula is C32H29N3O4. The van der Waals surface area contributed by atoms with Crippen LogP contribution >= 0.6 is 0 Å². The number of nitrogens with one attached hydrogen (secondary N) is 2. The molecule has 196 valence electrons. The van der Waals surface area contributed by atoms with Crippen LogP contribution in [0.15, 0.2) is 109 Å². The van der Waals surface area contributed by atoms with E-state index >= 15 is 0 Å². The average Bonchev–Trinajstić information content (AvgIpc) is 3.29. The first kappa shape index (κ1) is 25.7. The summed E-state index contributed by atoms with van der Waals surface area (Å²) < 4.78 is 5.76. The monoisotopic (exact) mass is 519 g/mol. The molecular weight excluding hydrogens is 490 g/mol. The second kappa shape index (κ2) is 11.6. The smallest absolute Gasteiger partial charge is 0.411 e. The molecule has 1 fully saturated rings. The van der Waals surface area contributed by atoms with E-state index in [1.165, 1.54) is 4.90 Å². The maximum Gasteiger partial charge on any atom is 0.411 e. The number of amides is 3. The molecule has 0 radical (unpaired) electrons. The van der Waals surface area contributed by atoms with Gasteiger partial charge >= 0.3 is 6.09 Å². The molecule has 39 heavy (non-hydrogen) atoms. The van der Waals surface area contributed by atoms with Crippen molar-refractivity contribution in [3.05, 3.63) is 137 Å². The fourth-order valence-corrected chi connectivity index (χ4v) is 4.54. The Labute approximate surface area is 227 Å². The highest BCUT2D eigenvalue weighted by Crippen LogP contribution is 2.34. The summed E-state index contributed by atoms with van der Waals surface area (Å²) in [7, 11) is 0. The van der Waals surface area contributed by atoms with Crippen LogP contribution in [-0.4, -0.2) is 28.8 Å². The van der Waals surface area contributed by atoms with Crippen LogP contribution in [0.2, 0.25) is 0 Å². The van der Waals surface area contributed by atoms with Crippen LogP contribution in [0.25, 0.3) is 0 Å². The maximum absolute atomic E-state index is 13.5. The molecule has 7 nitrogen and oxygen atoms in total. The molecule has 4 aromatic rings. The highest BCUT2D eigenvalue weighted by Gasteiger charge is 2.46. The molecule has 4 aromatic carbocycles. The van der Waals surface area contributed by atoms with Gasteiger partial charge in [-0.2, -0.15) is 0 Å². The SMILES string of the molecule is Cc1ccc(C(=O)Nc2ccc(C3OC(=O)N(Cc4ccccc4)C3C(=O)NCc3ccccc3)cc2)cc1. The lowest BCUT2D eigenvalue weighted by atomic mass is 10.00. The molecule has 0 bridgehead atoms. The van der Waals surface area contributed by atoms with Crippen molar-refractivity contribution < 1.29 is 19.1 Å². The number of carbonyl (C=O) groups is 3. The van der Waals surface area contributed by atoms with Crippen molar-refractivity contribution in [2.45, 2.75) is 32.2 Å². The number of rotatable bonds is 8. The number of benzene rings is 4. The highest BCUT2D eigenvalue weighted by atomic mass is 16.6. The van der Waals surface area contributed by atoms with Gasteiger partial charge in [-0.1, -0.05) is 90.5 Å². The summed E-state index contributed by atoms with van der Waals surface area (Å²) in [6, 6.07) is 32.6. The number of nitrogens with zero attached hydrogens (tertiary/aromatic N) is 1. The molecule has 5 rings (SSSR count). The number of carbonyl (C=O) groups excluding carboxylic acids is 3. The van der Waals surface area contributed by atoms with Gasteiger partial charge < -0.3 is 15.4 Å². The lowest BCUT2D eigenvalue weighted by molar-refractivity contribution is -0.126. The standard InChI is InChI=1S/C32H29N3O4/c1-22-12-14-26(15-13-22)30(36)34-27-18-16-25(17-19-27)29-28(31(37)33-20-23-8-4-2-5-9-23)35(32(38)39-29)21-24-10-6-3-7-11-24/h2-19,28-29H,20-21H2,1H3,(H,33,37)(H,34,36). The van der Waals surface area contributed by atoms with Crippen LogP contribution in [0, 0.1) is 6.92 Å². The van der Waals surface area contributed by atoms with Gasteiger partial charge in [-0.15, -0.1) is 0 Å². The van der Waals surface area contributed by atoms with E-state index in [2.05, 4.69) is 10.6 Å². The summed E-state index contributed by atoms with van der Waals surface area (Å²) in [5, 5.41) is 5.85. The van der Waals surface area contributed by atoms with Gasteiger partial charge in [0.25, 0.3) is 5.91 Å². The van der Waals surface area contributed by atoms with Gasteiger partial charge in [0.1, 0.15) is 0 Å². The molecule has 0 spiro atoms. The van der Waals surface area contributed by atoms with Gasteiger partial charge in [0.2, 0.25) is 5.91 Å². The normalized spacial score (nSPS) is 16.4. The van der Waals surface area contributed by atoms with E-state index < -0.39 is 18.2 Å². The summed E-state index contributed by atoms with van der Waals surface area (Å²) in [4.78, 5) is 40.6. The van der Waals surface area contributed by atoms with Crippen LogP contribution in [0.5, 0.6) is 0 Å². The van der Waals surface area contributed by atoms with Crippen LogP contribution in [0.4, 0.5) is 10.5 Å². The molecule has 2 N–H and O–H groups in total. The van der Waals surface area contributed by atoms with Crippen molar-refractivity contribution in [3.8, 4) is 0 Å². The Morgan fingerprint density at radius 2 is 1.41 bits per heavy atom. The molecule has 1 heterocycles. The Bertz CT molecular complexity index is 1440. The quantitative estimate of drug-likeness (QED) is 0.316. The van der Waals surface area contributed by atoms with Crippen molar-refractivity contribution in [2.75, 3.05) is 5.32 Å². The molecule has 7 heteroatoms. The Morgan fingerprint density at radius 1 is 0.795 bits per heavy atom. The van der Waals surface area contributed by atoms with E-state index in [1.54, 1.807) is 36.4 Å². The summed E-state index contributed by atoms with van der Waals surface area (Å²) in [6.45, 7) is 2.54. The van der Waals surface area contributed by atoms with E-state index in [4.69, 9.17) is 4.74 Å². The number of anilines is 1. The van der Waals surface area contributed by atoms with Crippen LogP contribution in [0.3, 0.4) is 0 Å². The molecule has 1 aliphatic heterocycles. The maximum atomic E-state index is 13.5. The fourth-order valence-electron chi connectivity index (χ4n) is 4.54. The summed E-state index contributed by atoms with van der Waals surface area (Å²) in [6.07, 6.45) is -1.36. The van der Waals surface area contributed by atoms with E-state index in [0.717, 1.165) is 16.7 Å². The van der Waals surface area contributed by atoms with E-state index in [9.17, 15) is 14.4 Å². The number of aryl methyl sites for hydroxylation is 1. The van der Waals surface area contributed by atoms with Crippen LogP contribution in [-0.2, 0) is 22.6 Å². The van der Waals surface area contributed by atoms with Gasteiger partial charge in [-0.05, 0) is 47.9 Å². The minimum absolute atomic E-state index is 0.220. The first-order chi connectivity index (χ1) is 19.0. The Hall–Kier alpha value is -4.91. The van der Waals surface area contributed by atoms with Crippen molar-refractivity contribution in [2.24, 2.45) is 0 Å². The Kier molecular flexibility index (Phi) is 7.68. The van der Waals surface area contributed by atoms with Gasteiger partial charge in [-0.25, -0.2) is 4.79 Å². The minimum Gasteiger partial charge on any atom is -0.438 e. The number of cyclic esters (lactones) is 1. The summed E-state index contributed by atoms with van der Waals surface area (Å²) >= 11 is 0. The van der Waals surface area contributed by atoms with Crippen molar-refractivity contribution in [1.82, 2.24) is 10.2 Å². The van der Waals surface area contributed by atoms with Crippen molar-refractivity contribution in [1.29, 1.82) is 0 Å². The first-order valence-corrected chi connectivity index (χ1v) is 12.8. The topological polar surface area (TPSA) is 87.7 Å². The van der Waals surface area contributed by atoms with Crippen LogP contribution < -0.4 is 10.6 Å². The predicted molar refractivity (Wildman–Crippen MR) is 149 cm³/mol. The van der Waals surface area contributed by atoms with E-state index in [-0.39, 0.29) is 18.4 Å². The zero-order chi connectivity index (χ0) is 27.2. The average molecular weight is 520 g/mol. The molecule has 0 aromatic heterocycles. The van der Waals surface area contributed by atoms with E-state index in [1.807, 2.05) is 79.7 Å². The molecule has 0 aliphatic carbocycles. The minimum atomic E-state index is -0.866. The molecule has 0 saturated carbocycles. The van der Waals surface area contributed by atoms with Crippen LogP contribution in [0.1, 0.15) is 38.7 Å². The largest absolute Gasteiger partial charge is 0.438 e. The Balaban J connectivity index is 1.35. The molecule has 1 saturated heterocycles.